The molecule has 0 atom stereocenters. The highest BCUT2D eigenvalue weighted by Crippen LogP contribution is 2.04. The Bertz CT molecular complexity index is 101. The fraction of sp³-hybridized carbons (Fsp3) is 1.00. The minimum absolute atomic E-state index is 1.23. The lowest BCUT2D eigenvalue weighted by Crippen LogP contribution is -2.32. The zero-order valence-corrected chi connectivity index (χ0v) is 10.6. The average Bonchev–Trinajstić information content (AvgIpc) is 2.23. The van der Waals surface area contributed by atoms with E-state index in [1.807, 2.05) is 13.8 Å². The summed E-state index contributed by atoms with van der Waals surface area (Å²) < 4.78 is 0. The number of nitrogens with zero attached hydrogens (tertiary/aromatic N) is 2. The summed E-state index contributed by atoms with van der Waals surface area (Å²) in [5.41, 5.74) is 0. The lowest BCUT2D eigenvalue weighted by Gasteiger charge is -2.23. The molecule has 0 aromatic carbocycles. The van der Waals surface area contributed by atoms with Crippen molar-refractivity contribution in [1.82, 2.24) is 9.80 Å². The SMILES string of the molecule is CC.CN1CCCCCCN(C)CC1. The molecule has 1 fully saturated rings. The highest BCUT2D eigenvalue weighted by atomic mass is 15.2. The molecule has 0 N–H and O–H groups in total. The lowest BCUT2D eigenvalue weighted by molar-refractivity contribution is 0.239. The van der Waals surface area contributed by atoms with E-state index >= 15 is 0 Å². The van der Waals surface area contributed by atoms with Crippen molar-refractivity contribution in [3.63, 3.8) is 0 Å². The van der Waals surface area contributed by atoms with Gasteiger partial charge in [0.05, 0.1) is 0 Å². The van der Waals surface area contributed by atoms with Gasteiger partial charge in [-0.15, -0.1) is 0 Å². The average molecular weight is 200 g/mol. The van der Waals surface area contributed by atoms with E-state index in [0.717, 1.165) is 0 Å². The van der Waals surface area contributed by atoms with Gasteiger partial charge in [-0.3, -0.25) is 0 Å². The summed E-state index contributed by atoms with van der Waals surface area (Å²) in [4.78, 5) is 4.89. The van der Waals surface area contributed by atoms with Gasteiger partial charge >= 0.3 is 0 Å². The van der Waals surface area contributed by atoms with Crippen LogP contribution >= 0.6 is 0 Å². The van der Waals surface area contributed by atoms with Crippen LogP contribution in [0.1, 0.15) is 39.5 Å². The minimum Gasteiger partial charge on any atom is -0.305 e. The van der Waals surface area contributed by atoms with E-state index in [4.69, 9.17) is 0 Å². The van der Waals surface area contributed by atoms with E-state index in [1.54, 1.807) is 0 Å². The van der Waals surface area contributed by atoms with Crippen molar-refractivity contribution in [2.75, 3.05) is 40.3 Å². The Kier molecular flexibility index (Phi) is 9.42. The van der Waals surface area contributed by atoms with E-state index in [-0.39, 0.29) is 0 Å². The Morgan fingerprint density at radius 1 is 0.571 bits per heavy atom. The largest absolute Gasteiger partial charge is 0.305 e. The molecular formula is C12H28N2. The summed E-state index contributed by atoms with van der Waals surface area (Å²) in [5, 5.41) is 0. The smallest absolute Gasteiger partial charge is 0.0106 e. The molecule has 1 saturated heterocycles. The van der Waals surface area contributed by atoms with Crippen molar-refractivity contribution in [3.05, 3.63) is 0 Å². The molecule has 1 aliphatic heterocycles. The highest BCUT2D eigenvalue weighted by Gasteiger charge is 2.04. The first-order chi connectivity index (χ1) is 6.79. The van der Waals surface area contributed by atoms with Crippen LogP contribution in [0, 0.1) is 0 Å². The van der Waals surface area contributed by atoms with Crippen LogP contribution in [0.4, 0.5) is 0 Å². The zero-order chi connectivity index (χ0) is 10.8. The molecule has 0 aliphatic carbocycles. The Morgan fingerprint density at radius 3 is 1.29 bits per heavy atom. The zero-order valence-electron chi connectivity index (χ0n) is 10.6. The monoisotopic (exact) mass is 200 g/mol. The van der Waals surface area contributed by atoms with Gasteiger partial charge in [0.15, 0.2) is 0 Å². The van der Waals surface area contributed by atoms with Gasteiger partial charge in [-0.25, -0.2) is 0 Å². The maximum absolute atomic E-state index is 2.45. The third-order valence-electron chi connectivity index (χ3n) is 2.69. The van der Waals surface area contributed by atoms with E-state index < -0.39 is 0 Å². The molecule has 1 heterocycles. The van der Waals surface area contributed by atoms with Gasteiger partial charge in [-0.2, -0.15) is 0 Å². The quantitative estimate of drug-likeness (QED) is 0.592. The van der Waals surface area contributed by atoms with Crippen molar-refractivity contribution in [1.29, 1.82) is 0 Å². The summed E-state index contributed by atoms with van der Waals surface area (Å²) in [7, 11) is 4.46. The second-order valence-electron chi connectivity index (χ2n) is 4.02. The maximum atomic E-state index is 2.45. The van der Waals surface area contributed by atoms with E-state index in [0.29, 0.717) is 0 Å². The van der Waals surface area contributed by atoms with Crippen molar-refractivity contribution >= 4 is 0 Å². The minimum atomic E-state index is 1.23. The Balaban J connectivity index is 0.000000791. The number of likely N-dealkylation sites (N-methyl/N-ethyl adjacent to an activating group) is 2. The number of hydrogen-bond donors (Lipinski definition) is 0. The van der Waals surface area contributed by atoms with Gasteiger partial charge in [0, 0.05) is 13.1 Å². The summed E-state index contributed by atoms with van der Waals surface area (Å²) in [5.74, 6) is 0. The normalized spacial score (nSPS) is 22.3. The highest BCUT2D eigenvalue weighted by molar-refractivity contribution is 4.60. The van der Waals surface area contributed by atoms with Crippen LogP contribution in [-0.2, 0) is 0 Å². The lowest BCUT2D eigenvalue weighted by atomic mass is 10.1. The van der Waals surface area contributed by atoms with Crippen LogP contribution in [0.2, 0.25) is 0 Å². The summed E-state index contributed by atoms with van der Waals surface area (Å²) in [6.45, 7) is 9.04. The third kappa shape index (κ3) is 7.34. The van der Waals surface area contributed by atoms with Crippen LogP contribution in [0.5, 0.6) is 0 Å². The van der Waals surface area contributed by atoms with Crippen LogP contribution < -0.4 is 0 Å². The molecule has 0 amide bonds. The van der Waals surface area contributed by atoms with E-state index in [9.17, 15) is 0 Å². The van der Waals surface area contributed by atoms with Gasteiger partial charge in [0.2, 0.25) is 0 Å². The molecule has 2 heteroatoms. The van der Waals surface area contributed by atoms with Gasteiger partial charge in [0.25, 0.3) is 0 Å². The van der Waals surface area contributed by atoms with Crippen LogP contribution in [0.25, 0.3) is 0 Å². The summed E-state index contributed by atoms with van der Waals surface area (Å²) >= 11 is 0. The maximum Gasteiger partial charge on any atom is 0.0106 e. The number of rotatable bonds is 0. The molecule has 0 saturated carbocycles. The first kappa shape index (κ1) is 13.9. The summed E-state index contributed by atoms with van der Waals surface area (Å²) in [6, 6.07) is 0. The van der Waals surface area contributed by atoms with Crippen molar-refractivity contribution in [2.24, 2.45) is 0 Å². The fourth-order valence-corrected chi connectivity index (χ4v) is 1.68. The van der Waals surface area contributed by atoms with E-state index in [1.165, 1.54) is 51.9 Å². The predicted molar refractivity (Wildman–Crippen MR) is 64.8 cm³/mol. The molecule has 2 nitrogen and oxygen atoms in total. The molecule has 0 unspecified atom stereocenters. The van der Waals surface area contributed by atoms with Crippen molar-refractivity contribution in [2.45, 2.75) is 39.5 Å². The molecule has 0 spiro atoms. The summed E-state index contributed by atoms with van der Waals surface area (Å²) in [6.07, 6.45) is 5.61. The van der Waals surface area contributed by atoms with Crippen LogP contribution in [0.3, 0.4) is 0 Å². The van der Waals surface area contributed by atoms with Crippen molar-refractivity contribution in [3.8, 4) is 0 Å². The molecule has 86 valence electrons. The molecule has 1 aliphatic rings. The Labute approximate surface area is 90.3 Å². The predicted octanol–water partition coefficient (Wildman–Crippen LogP) is 2.45. The molecule has 14 heavy (non-hydrogen) atoms. The first-order valence-electron chi connectivity index (χ1n) is 6.16. The van der Waals surface area contributed by atoms with Crippen LogP contribution in [0.15, 0.2) is 0 Å². The molecular weight excluding hydrogens is 172 g/mol. The molecule has 0 aromatic heterocycles. The standard InChI is InChI=1S/C10H22N2.C2H6/c1-11-7-5-3-4-6-8-12(2)10-9-11;1-2/h3-10H2,1-2H3;1-2H3. The second kappa shape index (κ2) is 9.47. The second-order valence-corrected chi connectivity index (χ2v) is 4.02. The molecule has 1 rings (SSSR count). The van der Waals surface area contributed by atoms with Crippen molar-refractivity contribution < 1.29 is 0 Å². The molecule has 0 aromatic rings. The Hall–Kier alpha value is -0.0800. The molecule has 0 radical (unpaired) electrons. The first-order valence-corrected chi connectivity index (χ1v) is 6.16. The topological polar surface area (TPSA) is 6.48 Å². The van der Waals surface area contributed by atoms with Gasteiger partial charge in [-0.05, 0) is 40.0 Å². The van der Waals surface area contributed by atoms with E-state index in [2.05, 4.69) is 23.9 Å². The number of hydrogen-bond acceptors (Lipinski definition) is 2. The Morgan fingerprint density at radius 2 is 0.929 bits per heavy atom. The van der Waals surface area contributed by atoms with Gasteiger partial charge < -0.3 is 9.80 Å². The third-order valence-corrected chi connectivity index (χ3v) is 2.69. The fourth-order valence-electron chi connectivity index (χ4n) is 1.68. The van der Waals surface area contributed by atoms with Gasteiger partial charge in [-0.1, -0.05) is 26.7 Å². The van der Waals surface area contributed by atoms with Gasteiger partial charge in [0.1, 0.15) is 0 Å². The molecule has 0 bridgehead atoms. The van der Waals surface area contributed by atoms with Crippen LogP contribution in [-0.4, -0.2) is 50.1 Å².